The first-order chi connectivity index (χ1) is 12.8. The van der Waals surface area contributed by atoms with E-state index in [2.05, 4.69) is 13.8 Å². The van der Waals surface area contributed by atoms with Crippen molar-refractivity contribution < 1.29 is 14.5 Å². The van der Waals surface area contributed by atoms with Crippen LogP contribution in [-0.2, 0) is 16.0 Å². The van der Waals surface area contributed by atoms with Gasteiger partial charge in [-0.1, -0.05) is 49.7 Å². The Morgan fingerprint density at radius 1 is 1.15 bits per heavy atom. The zero-order valence-corrected chi connectivity index (χ0v) is 16.1. The van der Waals surface area contributed by atoms with Gasteiger partial charge in [0.2, 0.25) is 0 Å². The molecule has 0 radical (unpaired) electrons. The van der Waals surface area contributed by atoms with Gasteiger partial charge in [-0.25, -0.2) is 4.79 Å². The fourth-order valence-electron chi connectivity index (χ4n) is 3.69. The molecule has 0 saturated heterocycles. The van der Waals surface area contributed by atoms with Gasteiger partial charge in [-0.15, -0.1) is 0 Å². The summed E-state index contributed by atoms with van der Waals surface area (Å²) < 4.78 is 5.02. The van der Waals surface area contributed by atoms with Gasteiger partial charge < -0.3 is 4.74 Å². The van der Waals surface area contributed by atoms with Gasteiger partial charge >= 0.3 is 5.97 Å². The predicted molar refractivity (Wildman–Crippen MR) is 104 cm³/mol. The Labute approximate surface area is 162 Å². The molecule has 3 rings (SSSR count). The third-order valence-electron chi connectivity index (χ3n) is 5.11. The number of benzene rings is 2. The summed E-state index contributed by atoms with van der Waals surface area (Å²) in [5, 5.41) is 11.5. The molecule has 0 bridgehead atoms. The SMILES string of the molecule is COC(=O)/C(Cc1ccc([N+](=O)[O-])cc1)=C1\[C@H](c2ccc(Cl)cc2)C1(C)C. The summed E-state index contributed by atoms with van der Waals surface area (Å²) in [6.07, 6.45) is 0.369. The van der Waals surface area contributed by atoms with Crippen LogP contribution in [0.2, 0.25) is 5.02 Å². The number of allylic oxidation sites excluding steroid dienone is 1. The summed E-state index contributed by atoms with van der Waals surface area (Å²) in [5.74, 6) is -0.255. The molecule has 1 atom stereocenters. The number of halogens is 1. The fourth-order valence-corrected chi connectivity index (χ4v) is 3.81. The number of nitrogens with zero attached hydrogens (tertiary/aromatic N) is 1. The lowest BCUT2D eigenvalue weighted by Gasteiger charge is -2.07. The lowest BCUT2D eigenvalue weighted by atomic mass is 10.0. The summed E-state index contributed by atoms with van der Waals surface area (Å²) in [4.78, 5) is 22.9. The van der Waals surface area contributed by atoms with Crippen molar-refractivity contribution >= 4 is 23.3 Å². The minimum atomic E-state index is -0.440. The summed E-state index contributed by atoms with van der Waals surface area (Å²) in [6, 6.07) is 13.9. The summed E-state index contributed by atoms with van der Waals surface area (Å²) in [5.41, 5.74) is 3.43. The molecule has 1 aliphatic rings. The first-order valence-corrected chi connectivity index (χ1v) is 8.94. The van der Waals surface area contributed by atoms with Gasteiger partial charge in [-0.3, -0.25) is 10.1 Å². The zero-order chi connectivity index (χ0) is 19.8. The fraction of sp³-hybridized carbons (Fsp3) is 0.286. The van der Waals surface area contributed by atoms with Crippen LogP contribution >= 0.6 is 11.6 Å². The molecule has 0 heterocycles. The molecule has 27 heavy (non-hydrogen) atoms. The van der Waals surface area contributed by atoms with E-state index < -0.39 is 4.92 Å². The van der Waals surface area contributed by atoms with Crippen molar-refractivity contribution in [2.45, 2.75) is 26.2 Å². The Bertz CT molecular complexity index is 914. The van der Waals surface area contributed by atoms with E-state index in [0.717, 1.165) is 16.7 Å². The summed E-state index contributed by atoms with van der Waals surface area (Å²) in [6.45, 7) is 4.20. The number of carbonyl (C=O) groups is 1. The summed E-state index contributed by atoms with van der Waals surface area (Å²) in [7, 11) is 1.37. The smallest absolute Gasteiger partial charge is 0.334 e. The van der Waals surface area contributed by atoms with Gasteiger partial charge in [0, 0.05) is 35.1 Å². The van der Waals surface area contributed by atoms with E-state index in [1.807, 2.05) is 24.3 Å². The minimum absolute atomic E-state index is 0.0248. The van der Waals surface area contributed by atoms with Crippen LogP contribution in [0.3, 0.4) is 0 Å². The first kappa shape index (κ1) is 19.1. The van der Waals surface area contributed by atoms with E-state index in [-0.39, 0.29) is 23.0 Å². The molecule has 2 aromatic carbocycles. The van der Waals surface area contributed by atoms with E-state index in [1.165, 1.54) is 19.2 Å². The maximum atomic E-state index is 12.5. The predicted octanol–water partition coefficient (Wildman–Crippen LogP) is 5.08. The molecule has 0 aliphatic heterocycles. The lowest BCUT2D eigenvalue weighted by molar-refractivity contribution is -0.384. The van der Waals surface area contributed by atoms with E-state index >= 15 is 0 Å². The molecule has 140 valence electrons. The average Bonchev–Trinajstić information content (AvgIpc) is 3.21. The van der Waals surface area contributed by atoms with Crippen molar-refractivity contribution in [3.63, 3.8) is 0 Å². The molecule has 0 unspecified atom stereocenters. The number of rotatable bonds is 5. The van der Waals surface area contributed by atoms with Crippen LogP contribution in [-0.4, -0.2) is 18.0 Å². The Hall–Kier alpha value is -2.66. The third kappa shape index (κ3) is 3.74. The molecular formula is C21H20ClNO4. The maximum absolute atomic E-state index is 12.5. The van der Waals surface area contributed by atoms with Gasteiger partial charge in [0.05, 0.1) is 12.0 Å². The number of carbonyl (C=O) groups excluding carboxylic acids is 1. The van der Waals surface area contributed by atoms with Crippen molar-refractivity contribution in [3.05, 3.63) is 85.9 Å². The highest BCUT2D eigenvalue weighted by molar-refractivity contribution is 6.30. The monoisotopic (exact) mass is 385 g/mol. The molecule has 2 aromatic rings. The molecule has 1 fully saturated rings. The van der Waals surface area contributed by atoms with Crippen molar-refractivity contribution in [2.75, 3.05) is 7.11 Å². The maximum Gasteiger partial charge on any atom is 0.334 e. The average molecular weight is 386 g/mol. The van der Waals surface area contributed by atoms with E-state index in [9.17, 15) is 14.9 Å². The third-order valence-corrected chi connectivity index (χ3v) is 5.36. The Balaban J connectivity index is 1.97. The Kier molecular flexibility index (Phi) is 5.07. The number of methoxy groups -OCH3 is 1. The van der Waals surface area contributed by atoms with Crippen LogP contribution in [0.15, 0.2) is 59.7 Å². The van der Waals surface area contributed by atoms with E-state index in [4.69, 9.17) is 16.3 Å². The van der Waals surface area contributed by atoms with Crippen LogP contribution in [0.1, 0.15) is 30.9 Å². The number of non-ortho nitro benzene ring substituents is 1. The molecule has 5 nitrogen and oxygen atoms in total. The topological polar surface area (TPSA) is 69.4 Å². The summed E-state index contributed by atoms with van der Waals surface area (Å²) >= 11 is 5.99. The van der Waals surface area contributed by atoms with Crippen LogP contribution in [0.5, 0.6) is 0 Å². The van der Waals surface area contributed by atoms with Crippen molar-refractivity contribution in [2.24, 2.45) is 5.41 Å². The van der Waals surface area contributed by atoms with Gasteiger partial charge in [-0.2, -0.15) is 0 Å². The van der Waals surface area contributed by atoms with Gasteiger partial charge in [-0.05, 0) is 34.2 Å². The molecular weight excluding hydrogens is 366 g/mol. The van der Waals surface area contributed by atoms with Crippen molar-refractivity contribution in [3.8, 4) is 0 Å². The normalized spacial score (nSPS) is 19.3. The lowest BCUT2D eigenvalue weighted by Crippen LogP contribution is -2.09. The van der Waals surface area contributed by atoms with Gasteiger partial charge in [0.25, 0.3) is 5.69 Å². The first-order valence-electron chi connectivity index (χ1n) is 8.56. The second kappa shape index (κ2) is 7.16. The molecule has 0 aromatic heterocycles. The van der Waals surface area contributed by atoms with E-state index in [1.54, 1.807) is 12.1 Å². The molecule has 0 amide bonds. The molecule has 1 saturated carbocycles. The number of hydrogen-bond acceptors (Lipinski definition) is 4. The number of nitro groups is 1. The van der Waals surface area contributed by atoms with Gasteiger partial charge in [0.1, 0.15) is 0 Å². The highest BCUT2D eigenvalue weighted by Crippen LogP contribution is 2.65. The van der Waals surface area contributed by atoms with Crippen LogP contribution in [0.25, 0.3) is 0 Å². The quantitative estimate of drug-likeness (QED) is 0.311. The number of esters is 1. The highest BCUT2D eigenvalue weighted by atomic mass is 35.5. The van der Waals surface area contributed by atoms with Crippen molar-refractivity contribution in [1.29, 1.82) is 0 Å². The van der Waals surface area contributed by atoms with Crippen LogP contribution < -0.4 is 0 Å². The van der Waals surface area contributed by atoms with Gasteiger partial charge in [0.15, 0.2) is 0 Å². The number of hydrogen-bond donors (Lipinski definition) is 0. The largest absolute Gasteiger partial charge is 0.466 e. The Morgan fingerprint density at radius 3 is 2.26 bits per heavy atom. The standard InChI is InChI=1S/C21H20ClNO4/c1-21(2)18(14-6-8-15(22)9-7-14)19(21)17(20(24)27-3)12-13-4-10-16(11-5-13)23(25)26/h4-11,18H,12H2,1-3H3/b19-17+/t18-/m0/s1. The Morgan fingerprint density at radius 2 is 1.74 bits per heavy atom. The molecule has 1 aliphatic carbocycles. The highest BCUT2D eigenvalue weighted by Gasteiger charge is 2.55. The number of ether oxygens (including phenoxy) is 1. The molecule has 0 N–H and O–H groups in total. The molecule has 0 spiro atoms. The zero-order valence-electron chi connectivity index (χ0n) is 15.4. The van der Waals surface area contributed by atoms with Crippen LogP contribution in [0, 0.1) is 15.5 Å². The van der Waals surface area contributed by atoms with E-state index in [0.29, 0.717) is 17.0 Å². The van der Waals surface area contributed by atoms with Crippen molar-refractivity contribution in [1.82, 2.24) is 0 Å². The number of nitro benzene ring substituents is 1. The minimum Gasteiger partial charge on any atom is -0.466 e. The second-order valence-electron chi connectivity index (χ2n) is 7.19. The van der Waals surface area contributed by atoms with Crippen LogP contribution in [0.4, 0.5) is 5.69 Å². The second-order valence-corrected chi connectivity index (χ2v) is 7.63. The molecule has 6 heteroatoms.